The summed E-state index contributed by atoms with van der Waals surface area (Å²) in [6, 6.07) is 0. The lowest BCUT2D eigenvalue weighted by molar-refractivity contribution is 0.444. The van der Waals surface area contributed by atoms with Crippen LogP contribution < -0.4 is 16.6 Å². The minimum Gasteiger partial charge on any atom is -0.383 e. The molecule has 1 aliphatic rings. The Bertz CT molecular complexity index is 446. The predicted octanol–water partition coefficient (Wildman–Crippen LogP) is 0.943. The van der Waals surface area contributed by atoms with Crippen molar-refractivity contribution in [2.45, 2.75) is 38.5 Å². The van der Waals surface area contributed by atoms with Gasteiger partial charge in [0.2, 0.25) is 0 Å². The Hall–Kier alpha value is -1.36. The van der Waals surface area contributed by atoms with Crippen molar-refractivity contribution >= 4 is 5.82 Å². The van der Waals surface area contributed by atoms with E-state index < -0.39 is 0 Å². The van der Waals surface area contributed by atoms with E-state index in [0.29, 0.717) is 17.3 Å². The summed E-state index contributed by atoms with van der Waals surface area (Å²) in [7, 11) is 0. The number of nitrogens with one attached hydrogen (secondary N) is 2. The zero-order valence-corrected chi connectivity index (χ0v) is 10.4. The highest BCUT2D eigenvalue weighted by Gasteiger charge is 2.20. The van der Waals surface area contributed by atoms with Crippen molar-refractivity contribution in [1.82, 2.24) is 15.3 Å². The summed E-state index contributed by atoms with van der Waals surface area (Å²) in [4.78, 5) is 19.2. The molecular weight excluding hydrogens is 216 g/mol. The summed E-state index contributed by atoms with van der Waals surface area (Å²) in [6.07, 6.45) is 2.01. The molecule has 1 aromatic heterocycles. The maximum Gasteiger partial charge on any atom is 0.256 e. The first kappa shape index (κ1) is 12.1. The van der Waals surface area contributed by atoms with Crippen LogP contribution in [-0.2, 0) is 0 Å². The number of aromatic nitrogens is 2. The molecule has 1 saturated heterocycles. The van der Waals surface area contributed by atoms with Gasteiger partial charge in [-0.05, 0) is 31.8 Å². The van der Waals surface area contributed by atoms with Crippen LogP contribution in [-0.4, -0.2) is 23.1 Å². The van der Waals surface area contributed by atoms with Crippen molar-refractivity contribution in [2.75, 3.05) is 18.8 Å². The summed E-state index contributed by atoms with van der Waals surface area (Å²) < 4.78 is 0. The largest absolute Gasteiger partial charge is 0.383 e. The Balaban J connectivity index is 2.34. The third-order valence-corrected chi connectivity index (χ3v) is 3.31. The van der Waals surface area contributed by atoms with E-state index in [1.54, 1.807) is 0 Å². The van der Waals surface area contributed by atoms with Gasteiger partial charge in [0, 0.05) is 5.92 Å². The Morgan fingerprint density at radius 3 is 2.53 bits per heavy atom. The number of piperidine rings is 1. The highest BCUT2D eigenvalue weighted by molar-refractivity contribution is 5.40. The zero-order valence-electron chi connectivity index (χ0n) is 10.4. The molecule has 5 nitrogen and oxygen atoms in total. The van der Waals surface area contributed by atoms with Crippen molar-refractivity contribution in [3.8, 4) is 0 Å². The first-order valence-electron chi connectivity index (χ1n) is 6.20. The number of hydrogen-bond donors (Lipinski definition) is 3. The average Bonchev–Trinajstić information content (AvgIpc) is 2.28. The number of hydrogen-bond acceptors (Lipinski definition) is 4. The van der Waals surface area contributed by atoms with Gasteiger partial charge in [0.25, 0.3) is 5.56 Å². The molecule has 0 unspecified atom stereocenters. The van der Waals surface area contributed by atoms with Crippen LogP contribution in [0.1, 0.15) is 49.9 Å². The van der Waals surface area contributed by atoms with Gasteiger partial charge in [0.05, 0.1) is 5.56 Å². The van der Waals surface area contributed by atoms with E-state index in [2.05, 4.69) is 15.3 Å². The molecule has 0 aliphatic carbocycles. The quantitative estimate of drug-likeness (QED) is 0.713. The normalized spacial score (nSPS) is 17.6. The topological polar surface area (TPSA) is 83.8 Å². The maximum absolute atomic E-state index is 12.0. The molecule has 0 atom stereocenters. The molecule has 1 aromatic rings. The molecule has 2 rings (SSSR count). The molecule has 0 radical (unpaired) electrons. The Morgan fingerprint density at radius 2 is 2.00 bits per heavy atom. The molecular formula is C12H20N4O. The summed E-state index contributed by atoms with van der Waals surface area (Å²) in [5, 5.41) is 3.29. The van der Waals surface area contributed by atoms with Crippen molar-refractivity contribution in [2.24, 2.45) is 0 Å². The number of H-pyrrole nitrogens is 1. The van der Waals surface area contributed by atoms with Crippen LogP contribution >= 0.6 is 0 Å². The smallest absolute Gasteiger partial charge is 0.256 e. The van der Waals surface area contributed by atoms with Gasteiger partial charge in [-0.2, -0.15) is 0 Å². The second-order valence-corrected chi connectivity index (χ2v) is 4.93. The summed E-state index contributed by atoms with van der Waals surface area (Å²) in [5.74, 6) is 1.57. The molecule has 0 aromatic carbocycles. The van der Waals surface area contributed by atoms with E-state index in [1.807, 2.05) is 13.8 Å². The van der Waals surface area contributed by atoms with Gasteiger partial charge in [-0.1, -0.05) is 13.8 Å². The first-order valence-corrected chi connectivity index (χ1v) is 6.20. The number of nitrogen functional groups attached to an aromatic ring is 1. The van der Waals surface area contributed by atoms with Crippen molar-refractivity contribution < 1.29 is 0 Å². The van der Waals surface area contributed by atoms with E-state index in [4.69, 9.17) is 5.73 Å². The Labute approximate surface area is 101 Å². The Morgan fingerprint density at radius 1 is 1.35 bits per heavy atom. The second kappa shape index (κ2) is 4.87. The monoisotopic (exact) mass is 236 g/mol. The van der Waals surface area contributed by atoms with Gasteiger partial charge >= 0.3 is 0 Å². The molecule has 17 heavy (non-hydrogen) atoms. The first-order chi connectivity index (χ1) is 8.09. The van der Waals surface area contributed by atoms with Crippen molar-refractivity contribution in [3.05, 3.63) is 21.7 Å². The fourth-order valence-electron chi connectivity index (χ4n) is 2.36. The van der Waals surface area contributed by atoms with Gasteiger partial charge in [0.15, 0.2) is 0 Å². The minimum absolute atomic E-state index is 0.0824. The number of nitrogens with two attached hydrogens (primary N) is 1. The van der Waals surface area contributed by atoms with Crippen LogP contribution in [0.5, 0.6) is 0 Å². The SMILES string of the molecule is CC(C)c1c(N)nc(C2CCNCC2)[nH]c1=O. The van der Waals surface area contributed by atoms with Crippen LogP contribution in [0.25, 0.3) is 0 Å². The summed E-state index contributed by atoms with van der Waals surface area (Å²) in [5.41, 5.74) is 6.40. The van der Waals surface area contributed by atoms with E-state index >= 15 is 0 Å². The lowest BCUT2D eigenvalue weighted by atomic mass is 9.97. The molecule has 2 heterocycles. The fraction of sp³-hybridized carbons (Fsp3) is 0.667. The maximum atomic E-state index is 12.0. The van der Waals surface area contributed by atoms with Gasteiger partial charge in [-0.15, -0.1) is 0 Å². The van der Waals surface area contributed by atoms with Gasteiger partial charge in [-0.3, -0.25) is 4.79 Å². The van der Waals surface area contributed by atoms with Gasteiger partial charge < -0.3 is 16.0 Å². The van der Waals surface area contributed by atoms with Crippen LogP contribution in [0.15, 0.2) is 4.79 Å². The molecule has 0 bridgehead atoms. The summed E-state index contributed by atoms with van der Waals surface area (Å²) >= 11 is 0. The van der Waals surface area contributed by atoms with Gasteiger partial charge in [-0.25, -0.2) is 4.98 Å². The standard InChI is InChI=1S/C12H20N4O/c1-7(2)9-10(13)15-11(16-12(9)17)8-3-5-14-6-4-8/h7-8,14H,3-6H2,1-2H3,(H3,13,15,16,17). The lowest BCUT2D eigenvalue weighted by Gasteiger charge is -2.22. The number of anilines is 1. The van der Waals surface area contributed by atoms with E-state index in [1.165, 1.54) is 0 Å². The molecule has 0 saturated carbocycles. The number of nitrogens with zero attached hydrogens (tertiary/aromatic N) is 1. The van der Waals surface area contributed by atoms with Crippen LogP contribution in [0, 0.1) is 0 Å². The molecule has 1 aliphatic heterocycles. The van der Waals surface area contributed by atoms with Crippen molar-refractivity contribution in [3.63, 3.8) is 0 Å². The molecule has 94 valence electrons. The van der Waals surface area contributed by atoms with Gasteiger partial charge in [0.1, 0.15) is 11.6 Å². The number of rotatable bonds is 2. The van der Waals surface area contributed by atoms with Crippen LogP contribution in [0.3, 0.4) is 0 Å². The zero-order chi connectivity index (χ0) is 12.4. The van der Waals surface area contributed by atoms with E-state index in [9.17, 15) is 4.79 Å². The molecule has 5 heteroatoms. The Kier molecular flexibility index (Phi) is 3.47. The van der Waals surface area contributed by atoms with Crippen LogP contribution in [0.2, 0.25) is 0 Å². The highest BCUT2D eigenvalue weighted by atomic mass is 16.1. The van der Waals surface area contributed by atoms with Crippen LogP contribution in [0.4, 0.5) is 5.82 Å². The van der Waals surface area contributed by atoms with E-state index in [-0.39, 0.29) is 11.5 Å². The predicted molar refractivity (Wildman–Crippen MR) is 68.2 cm³/mol. The number of aromatic amines is 1. The molecule has 0 amide bonds. The average molecular weight is 236 g/mol. The molecule has 1 fully saturated rings. The lowest BCUT2D eigenvalue weighted by Crippen LogP contribution is -2.29. The second-order valence-electron chi connectivity index (χ2n) is 4.93. The summed E-state index contributed by atoms with van der Waals surface area (Å²) in [6.45, 7) is 5.85. The van der Waals surface area contributed by atoms with Crippen molar-refractivity contribution in [1.29, 1.82) is 0 Å². The molecule has 0 spiro atoms. The fourth-order valence-corrected chi connectivity index (χ4v) is 2.36. The highest BCUT2D eigenvalue weighted by Crippen LogP contribution is 2.23. The molecule has 4 N–H and O–H groups in total. The third-order valence-electron chi connectivity index (χ3n) is 3.31. The van der Waals surface area contributed by atoms with E-state index in [0.717, 1.165) is 31.8 Å². The third kappa shape index (κ3) is 2.49. The minimum atomic E-state index is -0.0824.